The number of pyridine rings is 1. The van der Waals surface area contributed by atoms with Crippen LogP contribution in [-0.2, 0) is 0 Å². The monoisotopic (exact) mass is 330 g/mol. The van der Waals surface area contributed by atoms with Crippen LogP contribution >= 0.6 is 0 Å². The van der Waals surface area contributed by atoms with Crippen molar-refractivity contribution in [3.8, 4) is 0 Å². The van der Waals surface area contributed by atoms with E-state index in [-0.39, 0.29) is 0 Å². The van der Waals surface area contributed by atoms with Gasteiger partial charge >= 0.3 is 0 Å². The summed E-state index contributed by atoms with van der Waals surface area (Å²) < 4.78 is 0. The van der Waals surface area contributed by atoms with E-state index in [0.29, 0.717) is 35.6 Å². The van der Waals surface area contributed by atoms with Crippen molar-refractivity contribution in [3.05, 3.63) is 28.1 Å². The summed E-state index contributed by atoms with van der Waals surface area (Å²) in [6, 6.07) is 0.602. The Morgan fingerprint density at radius 2 is 1.58 bits per heavy atom. The Morgan fingerprint density at radius 3 is 2.08 bits per heavy atom. The van der Waals surface area contributed by atoms with E-state index in [2.05, 4.69) is 74.3 Å². The molecule has 0 spiro atoms. The van der Waals surface area contributed by atoms with Crippen molar-refractivity contribution in [3.63, 3.8) is 0 Å². The van der Waals surface area contributed by atoms with Crippen molar-refractivity contribution in [1.29, 1.82) is 0 Å². The largest absolute Gasteiger partial charge is 0.303 e. The van der Waals surface area contributed by atoms with Crippen LogP contribution in [0.5, 0.6) is 0 Å². The number of hydrogen-bond donors (Lipinski definition) is 0. The van der Waals surface area contributed by atoms with Gasteiger partial charge in [-0.25, -0.2) is 0 Å². The molecule has 2 heterocycles. The molecule has 0 aliphatic carbocycles. The Balaban J connectivity index is 2.83. The van der Waals surface area contributed by atoms with Crippen molar-refractivity contribution in [2.45, 2.75) is 86.1 Å². The molecule has 0 radical (unpaired) electrons. The third-order valence-electron chi connectivity index (χ3n) is 6.71. The fraction of sp³-hybridized carbons (Fsp3) is 0.773. The lowest BCUT2D eigenvalue weighted by atomic mass is 9.71. The number of likely N-dealkylation sites (N-methyl/N-ethyl adjacent to an activating group) is 1. The van der Waals surface area contributed by atoms with Crippen LogP contribution < -0.4 is 0 Å². The highest BCUT2D eigenvalue weighted by Crippen LogP contribution is 2.44. The maximum absolute atomic E-state index is 5.08. The van der Waals surface area contributed by atoms with Gasteiger partial charge in [0.2, 0.25) is 0 Å². The molecule has 2 nitrogen and oxygen atoms in total. The minimum absolute atomic E-state index is 0.476. The average molecular weight is 331 g/mol. The van der Waals surface area contributed by atoms with Crippen LogP contribution in [0.1, 0.15) is 94.3 Å². The van der Waals surface area contributed by atoms with Crippen molar-refractivity contribution in [1.82, 2.24) is 9.88 Å². The standard InChI is InChI=1S/C22H38N2/c1-12(2)19-11-24(10)18(9)14(5)15(6)20-16(7)17(8)23-22(13(3)4)21(19)20/h12-15,18-19H,11H2,1-10H3/t14-,15+,18-,19?/m0/s1. The van der Waals surface area contributed by atoms with Crippen molar-refractivity contribution >= 4 is 0 Å². The second-order valence-corrected chi connectivity index (χ2v) is 8.87. The molecular formula is C22H38N2. The van der Waals surface area contributed by atoms with Gasteiger partial charge in [-0.3, -0.25) is 4.98 Å². The maximum Gasteiger partial charge on any atom is 0.0470 e. The van der Waals surface area contributed by atoms with E-state index in [0.717, 1.165) is 6.54 Å². The molecule has 1 aliphatic rings. The molecule has 136 valence electrons. The Kier molecular flexibility index (Phi) is 5.79. The van der Waals surface area contributed by atoms with E-state index in [1.807, 2.05) is 0 Å². The molecule has 1 aliphatic heterocycles. The van der Waals surface area contributed by atoms with E-state index in [1.54, 1.807) is 11.1 Å². The molecule has 0 saturated heterocycles. The van der Waals surface area contributed by atoms with Gasteiger partial charge in [0.15, 0.2) is 0 Å². The highest BCUT2D eigenvalue weighted by Gasteiger charge is 2.36. The summed E-state index contributed by atoms with van der Waals surface area (Å²) in [4.78, 5) is 7.65. The molecule has 0 N–H and O–H groups in total. The summed E-state index contributed by atoms with van der Waals surface area (Å²) >= 11 is 0. The molecule has 0 fully saturated rings. The van der Waals surface area contributed by atoms with Gasteiger partial charge in [-0.2, -0.15) is 0 Å². The van der Waals surface area contributed by atoms with Gasteiger partial charge in [-0.15, -0.1) is 0 Å². The normalized spacial score (nSPS) is 28.8. The van der Waals surface area contributed by atoms with E-state index >= 15 is 0 Å². The first-order chi connectivity index (χ1) is 11.1. The van der Waals surface area contributed by atoms with Crippen LogP contribution in [0.4, 0.5) is 0 Å². The lowest BCUT2D eigenvalue weighted by Crippen LogP contribution is -2.42. The van der Waals surface area contributed by atoms with Crippen LogP contribution in [0.25, 0.3) is 0 Å². The van der Waals surface area contributed by atoms with Crippen LogP contribution in [0.2, 0.25) is 0 Å². The average Bonchev–Trinajstić information content (AvgIpc) is 2.51. The van der Waals surface area contributed by atoms with Crippen molar-refractivity contribution < 1.29 is 0 Å². The Labute approximate surface area is 150 Å². The first-order valence-electron chi connectivity index (χ1n) is 9.78. The third-order valence-corrected chi connectivity index (χ3v) is 6.71. The predicted octanol–water partition coefficient (Wildman–Crippen LogP) is 5.63. The Bertz CT molecular complexity index is 588. The number of fused-ring (bicyclic) bond motifs is 1. The number of aromatic nitrogens is 1. The lowest BCUT2D eigenvalue weighted by molar-refractivity contribution is 0.154. The molecule has 2 heteroatoms. The zero-order chi connectivity index (χ0) is 18.3. The zero-order valence-electron chi connectivity index (χ0n) is 17.6. The van der Waals surface area contributed by atoms with Gasteiger partial charge in [0.25, 0.3) is 0 Å². The summed E-state index contributed by atoms with van der Waals surface area (Å²) in [5, 5.41) is 0. The second-order valence-electron chi connectivity index (χ2n) is 8.87. The van der Waals surface area contributed by atoms with Gasteiger partial charge < -0.3 is 4.90 Å². The van der Waals surface area contributed by atoms with Gasteiger partial charge in [0, 0.05) is 29.9 Å². The topological polar surface area (TPSA) is 16.1 Å². The third kappa shape index (κ3) is 3.27. The van der Waals surface area contributed by atoms with E-state index < -0.39 is 0 Å². The summed E-state index contributed by atoms with van der Waals surface area (Å²) in [6.45, 7) is 22.2. The van der Waals surface area contributed by atoms with Gasteiger partial charge in [0.05, 0.1) is 0 Å². The Morgan fingerprint density at radius 1 is 1.00 bits per heavy atom. The molecular weight excluding hydrogens is 292 g/mol. The minimum Gasteiger partial charge on any atom is -0.303 e. The van der Waals surface area contributed by atoms with Gasteiger partial charge in [-0.1, -0.05) is 41.5 Å². The highest BCUT2D eigenvalue weighted by molar-refractivity contribution is 5.46. The van der Waals surface area contributed by atoms with E-state index in [4.69, 9.17) is 4.98 Å². The molecule has 1 aromatic rings. The first kappa shape index (κ1) is 19.4. The number of nitrogens with zero attached hydrogens (tertiary/aromatic N) is 2. The fourth-order valence-corrected chi connectivity index (χ4v) is 4.47. The van der Waals surface area contributed by atoms with Crippen LogP contribution in [0, 0.1) is 25.7 Å². The van der Waals surface area contributed by atoms with Gasteiger partial charge in [-0.05, 0) is 68.2 Å². The van der Waals surface area contributed by atoms with Crippen LogP contribution in [0.15, 0.2) is 0 Å². The summed E-state index contributed by atoms with van der Waals surface area (Å²) in [5.41, 5.74) is 7.17. The number of aryl methyl sites for hydroxylation is 1. The van der Waals surface area contributed by atoms with Crippen LogP contribution in [-0.4, -0.2) is 29.5 Å². The molecule has 1 unspecified atom stereocenters. The summed E-state index contributed by atoms with van der Waals surface area (Å²) in [5.74, 6) is 2.87. The lowest BCUT2D eigenvalue weighted by Gasteiger charge is -2.42. The predicted molar refractivity (Wildman–Crippen MR) is 105 cm³/mol. The smallest absolute Gasteiger partial charge is 0.0470 e. The SMILES string of the molecule is Cc1nc(C(C)C)c2c(c1C)[C@H](C)[C@H](C)[C@H](C)N(C)CC2C(C)C. The minimum atomic E-state index is 0.476. The zero-order valence-corrected chi connectivity index (χ0v) is 17.6. The molecule has 0 aromatic carbocycles. The molecule has 0 amide bonds. The van der Waals surface area contributed by atoms with Crippen molar-refractivity contribution in [2.24, 2.45) is 11.8 Å². The Hall–Kier alpha value is -0.890. The molecule has 1 aromatic heterocycles. The fourth-order valence-electron chi connectivity index (χ4n) is 4.47. The van der Waals surface area contributed by atoms with Crippen molar-refractivity contribution in [2.75, 3.05) is 13.6 Å². The van der Waals surface area contributed by atoms with E-state index in [9.17, 15) is 0 Å². The number of hydrogen-bond acceptors (Lipinski definition) is 2. The van der Waals surface area contributed by atoms with Crippen LogP contribution in [0.3, 0.4) is 0 Å². The maximum atomic E-state index is 5.08. The molecule has 0 saturated carbocycles. The molecule has 0 bridgehead atoms. The molecule has 2 rings (SSSR count). The summed E-state index contributed by atoms with van der Waals surface area (Å²) in [7, 11) is 2.30. The van der Waals surface area contributed by atoms with Gasteiger partial charge in [0.1, 0.15) is 0 Å². The molecule has 24 heavy (non-hydrogen) atoms. The highest BCUT2D eigenvalue weighted by atomic mass is 15.1. The molecule has 4 atom stereocenters. The second kappa shape index (κ2) is 7.15. The number of rotatable bonds is 2. The van der Waals surface area contributed by atoms with E-state index in [1.165, 1.54) is 17.0 Å². The first-order valence-corrected chi connectivity index (χ1v) is 9.78. The quantitative estimate of drug-likeness (QED) is 0.698. The summed E-state index contributed by atoms with van der Waals surface area (Å²) in [6.07, 6.45) is 0.